The fourth-order valence-corrected chi connectivity index (χ4v) is 1.82. The van der Waals surface area contributed by atoms with Crippen LogP contribution in [0.25, 0.3) is 0 Å². The van der Waals surface area contributed by atoms with Crippen molar-refractivity contribution in [1.29, 1.82) is 0 Å². The Hall–Kier alpha value is -1.64. The summed E-state index contributed by atoms with van der Waals surface area (Å²) in [5, 5.41) is 9.60. The van der Waals surface area contributed by atoms with Gasteiger partial charge in [-0.05, 0) is 17.5 Å². The Kier molecular flexibility index (Phi) is 3.91. The summed E-state index contributed by atoms with van der Waals surface area (Å²) in [6.07, 6.45) is 0.0243. The average Bonchev–Trinajstić information content (AvgIpc) is 2.39. The topological polar surface area (TPSA) is 29.5 Å². The summed E-state index contributed by atoms with van der Waals surface area (Å²) in [5.41, 5.74) is 3.22. The first kappa shape index (κ1) is 11.8. The summed E-state index contributed by atoms with van der Waals surface area (Å²) in [7, 11) is 1.49. The standard InChI is InChI=1S/C15H16O2/c1-17-15(16)14-9-5-8-13(11-14)10-12-6-3-2-4-7-12/h2-9,11,15-16H,10H2,1H3. The van der Waals surface area contributed by atoms with Crippen LogP contribution in [0.15, 0.2) is 54.6 Å². The summed E-state index contributed by atoms with van der Waals surface area (Å²) in [4.78, 5) is 0. The minimum Gasteiger partial charge on any atom is -0.364 e. The highest BCUT2D eigenvalue weighted by Gasteiger charge is 2.05. The molecule has 1 atom stereocenters. The maximum absolute atomic E-state index is 9.60. The lowest BCUT2D eigenvalue weighted by atomic mass is 10.0. The molecule has 2 nitrogen and oxygen atoms in total. The van der Waals surface area contributed by atoms with E-state index >= 15 is 0 Å². The van der Waals surface area contributed by atoms with E-state index in [9.17, 15) is 5.11 Å². The fourth-order valence-electron chi connectivity index (χ4n) is 1.82. The van der Waals surface area contributed by atoms with E-state index < -0.39 is 6.29 Å². The van der Waals surface area contributed by atoms with Crippen molar-refractivity contribution in [3.05, 3.63) is 71.3 Å². The monoisotopic (exact) mass is 228 g/mol. The van der Waals surface area contributed by atoms with Crippen molar-refractivity contribution in [2.45, 2.75) is 12.7 Å². The highest BCUT2D eigenvalue weighted by Crippen LogP contribution is 2.17. The van der Waals surface area contributed by atoms with Gasteiger partial charge in [-0.25, -0.2) is 0 Å². The zero-order valence-corrected chi connectivity index (χ0v) is 9.84. The second kappa shape index (κ2) is 5.62. The predicted octanol–water partition coefficient (Wildman–Crippen LogP) is 2.91. The van der Waals surface area contributed by atoms with Crippen molar-refractivity contribution < 1.29 is 9.84 Å². The second-order valence-electron chi connectivity index (χ2n) is 4.00. The van der Waals surface area contributed by atoms with Gasteiger partial charge in [0.25, 0.3) is 0 Å². The zero-order valence-electron chi connectivity index (χ0n) is 9.84. The van der Waals surface area contributed by atoms with Gasteiger partial charge in [-0.3, -0.25) is 0 Å². The summed E-state index contributed by atoms with van der Waals surface area (Å²) >= 11 is 0. The lowest BCUT2D eigenvalue weighted by molar-refractivity contribution is -0.0769. The van der Waals surface area contributed by atoms with Crippen molar-refractivity contribution in [2.75, 3.05) is 7.11 Å². The minimum absolute atomic E-state index is 0.793. The van der Waals surface area contributed by atoms with Crippen LogP contribution in [-0.4, -0.2) is 12.2 Å². The van der Waals surface area contributed by atoms with Crippen LogP contribution in [0.3, 0.4) is 0 Å². The predicted molar refractivity (Wildman–Crippen MR) is 67.7 cm³/mol. The first-order valence-electron chi connectivity index (χ1n) is 5.63. The first-order valence-corrected chi connectivity index (χ1v) is 5.63. The molecule has 0 spiro atoms. The molecule has 0 aliphatic rings. The minimum atomic E-state index is -0.842. The van der Waals surface area contributed by atoms with E-state index in [1.165, 1.54) is 18.2 Å². The highest BCUT2D eigenvalue weighted by molar-refractivity contribution is 5.29. The summed E-state index contributed by atoms with van der Waals surface area (Å²) in [5.74, 6) is 0. The number of aliphatic hydroxyl groups excluding tert-OH is 1. The first-order chi connectivity index (χ1) is 8.29. The molecule has 0 saturated carbocycles. The van der Waals surface area contributed by atoms with E-state index in [1.54, 1.807) is 0 Å². The van der Waals surface area contributed by atoms with Crippen molar-refractivity contribution >= 4 is 0 Å². The molecule has 1 unspecified atom stereocenters. The molecule has 88 valence electrons. The van der Waals surface area contributed by atoms with E-state index in [2.05, 4.69) is 18.2 Å². The number of ether oxygens (including phenoxy) is 1. The number of benzene rings is 2. The molecule has 0 fully saturated rings. The van der Waals surface area contributed by atoms with Crippen molar-refractivity contribution in [2.24, 2.45) is 0 Å². The third-order valence-electron chi connectivity index (χ3n) is 2.71. The zero-order chi connectivity index (χ0) is 12.1. The van der Waals surface area contributed by atoms with Crippen molar-refractivity contribution in [1.82, 2.24) is 0 Å². The molecule has 0 radical (unpaired) electrons. The van der Waals surface area contributed by atoms with Gasteiger partial charge in [0, 0.05) is 12.7 Å². The van der Waals surface area contributed by atoms with Crippen LogP contribution in [0, 0.1) is 0 Å². The maximum atomic E-state index is 9.60. The van der Waals surface area contributed by atoms with Crippen LogP contribution in [-0.2, 0) is 11.2 Å². The molecule has 17 heavy (non-hydrogen) atoms. The van der Waals surface area contributed by atoms with Gasteiger partial charge in [-0.2, -0.15) is 0 Å². The third kappa shape index (κ3) is 3.16. The lowest BCUT2D eigenvalue weighted by Gasteiger charge is -2.10. The van der Waals surface area contributed by atoms with Crippen LogP contribution >= 0.6 is 0 Å². The van der Waals surface area contributed by atoms with Gasteiger partial charge >= 0.3 is 0 Å². The molecule has 0 amide bonds. The number of aliphatic hydroxyl groups is 1. The largest absolute Gasteiger partial charge is 0.364 e. The molecule has 2 heteroatoms. The average molecular weight is 228 g/mol. The molecule has 0 aliphatic carbocycles. The van der Waals surface area contributed by atoms with E-state index in [0.29, 0.717) is 0 Å². The number of hydrogen-bond acceptors (Lipinski definition) is 2. The summed E-state index contributed by atoms with van der Waals surface area (Å²) < 4.78 is 4.90. The smallest absolute Gasteiger partial charge is 0.180 e. The molecule has 1 N–H and O–H groups in total. The Morgan fingerprint density at radius 3 is 2.41 bits per heavy atom. The summed E-state index contributed by atoms with van der Waals surface area (Å²) in [6.45, 7) is 0. The van der Waals surface area contributed by atoms with Gasteiger partial charge in [0.15, 0.2) is 6.29 Å². The van der Waals surface area contributed by atoms with E-state index in [4.69, 9.17) is 4.74 Å². The molecule has 2 rings (SSSR count). The fraction of sp³-hybridized carbons (Fsp3) is 0.200. The molecular formula is C15H16O2. The van der Waals surface area contributed by atoms with Crippen LogP contribution in [0.5, 0.6) is 0 Å². The number of methoxy groups -OCH3 is 1. The molecule has 2 aromatic rings. The van der Waals surface area contributed by atoms with Gasteiger partial charge in [0.1, 0.15) is 0 Å². The van der Waals surface area contributed by atoms with E-state index in [0.717, 1.165) is 12.0 Å². The Morgan fingerprint density at radius 2 is 1.71 bits per heavy atom. The Bertz CT molecular complexity index is 465. The molecule has 0 aromatic heterocycles. The maximum Gasteiger partial charge on any atom is 0.180 e. The Labute approximate surface area is 101 Å². The van der Waals surface area contributed by atoms with Gasteiger partial charge in [-0.15, -0.1) is 0 Å². The van der Waals surface area contributed by atoms with Crippen LogP contribution in [0.1, 0.15) is 23.0 Å². The molecule has 2 aromatic carbocycles. The summed E-state index contributed by atoms with van der Waals surface area (Å²) in [6, 6.07) is 18.1. The molecule has 0 aliphatic heterocycles. The van der Waals surface area contributed by atoms with Crippen LogP contribution in [0.4, 0.5) is 0 Å². The second-order valence-corrected chi connectivity index (χ2v) is 4.00. The highest BCUT2D eigenvalue weighted by atomic mass is 16.6. The number of hydrogen-bond donors (Lipinski definition) is 1. The van der Waals surface area contributed by atoms with Crippen LogP contribution in [0.2, 0.25) is 0 Å². The van der Waals surface area contributed by atoms with Gasteiger partial charge in [0.2, 0.25) is 0 Å². The van der Waals surface area contributed by atoms with Crippen LogP contribution < -0.4 is 0 Å². The Morgan fingerprint density at radius 1 is 1.00 bits per heavy atom. The van der Waals surface area contributed by atoms with Crippen molar-refractivity contribution in [3.63, 3.8) is 0 Å². The molecule has 0 heterocycles. The lowest BCUT2D eigenvalue weighted by Crippen LogP contribution is -2.00. The quantitative estimate of drug-likeness (QED) is 0.815. The van der Waals surface area contributed by atoms with Gasteiger partial charge in [0.05, 0.1) is 0 Å². The molecular weight excluding hydrogens is 212 g/mol. The van der Waals surface area contributed by atoms with Gasteiger partial charge in [-0.1, -0.05) is 54.6 Å². The number of rotatable bonds is 4. The van der Waals surface area contributed by atoms with E-state index in [1.807, 2.05) is 36.4 Å². The van der Waals surface area contributed by atoms with E-state index in [-0.39, 0.29) is 0 Å². The normalized spacial score (nSPS) is 12.4. The van der Waals surface area contributed by atoms with Gasteiger partial charge < -0.3 is 9.84 Å². The van der Waals surface area contributed by atoms with Crippen molar-refractivity contribution in [3.8, 4) is 0 Å². The Balaban J connectivity index is 2.17. The SMILES string of the molecule is COC(O)c1cccc(Cc2ccccc2)c1. The molecule has 0 bridgehead atoms. The molecule has 0 saturated heterocycles. The third-order valence-corrected chi connectivity index (χ3v) is 2.71.